The molecule has 0 unspecified atom stereocenters. The van der Waals surface area contributed by atoms with Crippen molar-refractivity contribution in [2.24, 2.45) is 0 Å². The van der Waals surface area contributed by atoms with E-state index < -0.39 is 29.4 Å². The van der Waals surface area contributed by atoms with Gasteiger partial charge in [0.05, 0.1) is 7.11 Å². The second-order valence-corrected chi connectivity index (χ2v) is 2.48. The number of alkyl halides is 3. The molecule has 82 valence electrons. The summed E-state index contributed by atoms with van der Waals surface area (Å²) >= 11 is 0. The monoisotopic (exact) mass is 221 g/mol. The van der Waals surface area contributed by atoms with E-state index in [0.717, 1.165) is 7.11 Å². The molecule has 0 radical (unpaired) electrons. The number of carbonyl (C=O) groups excluding carboxylic acids is 1. The van der Waals surface area contributed by atoms with Crippen LogP contribution in [0.2, 0.25) is 0 Å². The lowest BCUT2D eigenvalue weighted by Gasteiger charge is -2.09. The van der Waals surface area contributed by atoms with Crippen molar-refractivity contribution >= 4 is 11.9 Å². The molecule has 8 heteroatoms. The van der Waals surface area contributed by atoms with E-state index in [1.165, 1.54) is 0 Å². The third-order valence-electron chi connectivity index (χ3n) is 1.48. The van der Waals surface area contributed by atoms with Crippen LogP contribution in [-0.4, -0.2) is 23.0 Å². The minimum Gasteiger partial charge on any atom is -0.465 e. The van der Waals surface area contributed by atoms with Gasteiger partial charge in [0, 0.05) is 6.20 Å². The van der Waals surface area contributed by atoms with Crippen molar-refractivity contribution in [1.82, 2.24) is 9.97 Å². The molecule has 0 saturated heterocycles. The summed E-state index contributed by atoms with van der Waals surface area (Å²) in [5.74, 6) is -1.72. The Bertz CT molecular complexity index is 392. The molecule has 0 atom stereocenters. The second kappa shape index (κ2) is 3.71. The van der Waals surface area contributed by atoms with E-state index in [4.69, 9.17) is 5.73 Å². The minimum atomic E-state index is -4.78. The van der Waals surface area contributed by atoms with Gasteiger partial charge < -0.3 is 10.5 Å². The summed E-state index contributed by atoms with van der Waals surface area (Å²) in [6.45, 7) is 0. The lowest BCUT2D eigenvalue weighted by molar-refractivity contribution is -0.141. The molecule has 0 amide bonds. The average molecular weight is 221 g/mol. The fourth-order valence-electron chi connectivity index (χ4n) is 0.871. The van der Waals surface area contributed by atoms with Gasteiger partial charge in [-0.3, -0.25) is 0 Å². The molecule has 0 spiro atoms. The van der Waals surface area contributed by atoms with E-state index in [-0.39, 0.29) is 0 Å². The zero-order chi connectivity index (χ0) is 11.6. The van der Waals surface area contributed by atoms with Crippen LogP contribution in [0.4, 0.5) is 19.1 Å². The van der Waals surface area contributed by atoms with Gasteiger partial charge in [0.15, 0.2) is 5.69 Å². The fourth-order valence-corrected chi connectivity index (χ4v) is 0.871. The van der Waals surface area contributed by atoms with Crippen LogP contribution >= 0.6 is 0 Å². The molecule has 0 aliphatic carbocycles. The van der Waals surface area contributed by atoms with Crippen molar-refractivity contribution in [1.29, 1.82) is 0 Å². The molecule has 0 fully saturated rings. The highest BCUT2D eigenvalue weighted by molar-refractivity contribution is 5.90. The zero-order valence-corrected chi connectivity index (χ0v) is 7.50. The van der Waals surface area contributed by atoms with Crippen LogP contribution in [0.3, 0.4) is 0 Å². The number of methoxy groups -OCH3 is 1. The van der Waals surface area contributed by atoms with E-state index in [1.807, 2.05) is 0 Å². The standard InChI is InChI=1S/C7H6F3N3O2/c1-15-5(14)3-2-12-6(11)13-4(3)7(8,9)10/h2H,1H3,(H2,11,12,13). The number of nitrogens with two attached hydrogens (primary N) is 1. The van der Waals surface area contributed by atoms with Crippen molar-refractivity contribution in [2.75, 3.05) is 12.8 Å². The Morgan fingerprint density at radius 3 is 2.60 bits per heavy atom. The number of halogens is 3. The smallest absolute Gasteiger partial charge is 0.434 e. The number of aromatic nitrogens is 2. The molecule has 0 aromatic carbocycles. The number of ether oxygens (including phenoxy) is 1. The molecule has 2 N–H and O–H groups in total. The van der Waals surface area contributed by atoms with Crippen LogP contribution in [0, 0.1) is 0 Å². The number of anilines is 1. The maximum absolute atomic E-state index is 12.4. The molecule has 0 bridgehead atoms. The van der Waals surface area contributed by atoms with E-state index in [0.29, 0.717) is 6.20 Å². The summed E-state index contributed by atoms with van der Waals surface area (Å²) in [6.07, 6.45) is -4.10. The third kappa shape index (κ3) is 2.33. The van der Waals surface area contributed by atoms with Crippen molar-refractivity contribution in [3.05, 3.63) is 17.5 Å². The molecule has 1 aromatic rings. The lowest BCUT2D eigenvalue weighted by Crippen LogP contribution is -2.18. The van der Waals surface area contributed by atoms with Gasteiger partial charge in [0.1, 0.15) is 5.56 Å². The zero-order valence-electron chi connectivity index (χ0n) is 7.50. The number of nitrogens with zero attached hydrogens (tertiary/aromatic N) is 2. The van der Waals surface area contributed by atoms with Crippen LogP contribution in [0.15, 0.2) is 6.20 Å². The molecule has 0 aliphatic rings. The Kier molecular flexibility index (Phi) is 2.78. The van der Waals surface area contributed by atoms with Gasteiger partial charge in [-0.1, -0.05) is 0 Å². The largest absolute Gasteiger partial charge is 0.465 e. The van der Waals surface area contributed by atoms with Crippen LogP contribution in [0.5, 0.6) is 0 Å². The maximum Gasteiger partial charge on any atom is 0.434 e. The van der Waals surface area contributed by atoms with E-state index in [1.54, 1.807) is 0 Å². The molecule has 1 rings (SSSR count). The topological polar surface area (TPSA) is 78.1 Å². The van der Waals surface area contributed by atoms with Crippen LogP contribution < -0.4 is 5.73 Å². The predicted octanol–water partition coefficient (Wildman–Crippen LogP) is 0.864. The highest BCUT2D eigenvalue weighted by Crippen LogP contribution is 2.30. The number of carbonyl (C=O) groups is 1. The highest BCUT2D eigenvalue weighted by Gasteiger charge is 2.38. The molecule has 1 heterocycles. The van der Waals surface area contributed by atoms with Crippen molar-refractivity contribution in [3.8, 4) is 0 Å². The van der Waals surface area contributed by atoms with Gasteiger partial charge in [-0.05, 0) is 0 Å². The summed E-state index contributed by atoms with van der Waals surface area (Å²) in [7, 11) is 0.957. The number of hydrogen-bond acceptors (Lipinski definition) is 5. The lowest BCUT2D eigenvalue weighted by atomic mass is 10.2. The number of nitrogen functional groups attached to an aromatic ring is 1. The van der Waals surface area contributed by atoms with Gasteiger partial charge in [0.25, 0.3) is 0 Å². The van der Waals surface area contributed by atoms with E-state index in [9.17, 15) is 18.0 Å². The second-order valence-electron chi connectivity index (χ2n) is 2.48. The Labute approximate surface area is 82.1 Å². The number of esters is 1. The van der Waals surface area contributed by atoms with Crippen LogP contribution in [-0.2, 0) is 10.9 Å². The van der Waals surface area contributed by atoms with Crippen molar-refractivity contribution in [3.63, 3.8) is 0 Å². The highest BCUT2D eigenvalue weighted by atomic mass is 19.4. The summed E-state index contributed by atoms with van der Waals surface area (Å²) < 4.78 is 41.3. The maximum atomic E-state index is 12.4. The summed E-state index contributed by atoms with van der Waals surface area (Å²) in [5, 5.41) is 0. The van der Waals surface area contributed by atoms with E-state index in [2.05, 4.69) is 14.7 Å². The Balaban J connectivity index is 3.33. The van der Waals surface area contributed by atoms with Gasteiger partial charge in [-0.2, -0.15) is 13.2 Å². The summed E-state index contributed by atoms with van der Waals surface area (Å²) in [4.78, 5) is 17.2. The Morgan fingerprint density at radius 2 is 2.13 bits per heavy atom. The third-order valence-corrected chi connectivity index (χ3v) is 1.48. The average Bonchev–Trinajstić information content (AvgIpc) is 2.15. The summed E-state index contributed by atoms with van der Waals surface area (Å²) in [5.41, 5.74) is 2.83. The quantitative estimate of drug-likeness (QED) is 0.711. The summed E-state index contributed by atoms with van der Waals surface area (Å²) in [6, 6.07) is 0. The molecular weight excluding hydrogens is 215 g/mol. The normalized spacial score (nSPS) is 11.2. The molecule has 1 aromatic heterocycles. The molecule has 15 heavy (non-hydrogen) atoms. The van der Waals surface area contributed by atoms with Gasteiger partial charge in [-0.15, -0.1) is 0 Å². The van der Waals surface area contributed by atoms with Gasteiger partial charge in [-0.25, -0.2) is 14.8 Å². The fraction of sp³-hybridized carbons (Fsp3) is 0.286. The minimum absolute atomic E-state index is 0.560. The SMILES string of the molecule is COC(=O)c1cnc(N)nc1C(F)(F)F. The first kappa shape index (κ1) is 11.2. The number of hydrogen-bond donors (Lipinski definition) is 1. The molecular formula is C7H6F3N3O2. The van der Waals surface area contributed by atoms with Crippen molar-refractivity contribution < 1.29 is 22.7 Å². The Hall–Kier alpha value is -1.86. The number of rotatable bonds is 1. The molecule has 5 nitrogen and oxygen atoms in total. The van der Waals surface area contributed by atoms with Crippen LogP contribution in [0.1, 0.15) is 16.1 Å². The first-order valence-electron chi connectivity index (χ1n) is 3.64. The first-order valence-corrected chi connectivity index (χ1v) is 3.64. The Morgan fingerprint density at radius 1 is 1.53 bits per heavy atom. The van der Waals surface area contributed by atoms with E-state index >= 15 is 0 Å². The van der Waals surface area contributed by atoms with Crippen molar-refractivity contribution in [2.45, 2.75) is 6.18 Å². The van der Waals surface area contributed by atoms with Crippen LogP contribution in [0.25, 0.3) is 0 Å². The predicted molar refractivity (Wildman–Crippen MR) is 42.8 cm³/mol. The molecule has 0 aliphatic heterocycles. The van der Waals surface area contributed by atoms with Gasteiger partial charge in [0.2, 0.25) is 5.95 Å². The van der Waals surface area contributed by atoms with Gasteiger partial charge >= 0.3 is 12.1 Å². The molecule has 0 saturated carbocycles. The first-order chi connectivity index (χ1) is 6.86.